The van der Waals surface area contributed by atoms with Crippen LogP contribution in [0.3, 0.4) is 0 Å². The minimum absolute atomic E-state index is 0.0933. The summed E-state index contributed by atoms with van der Waals surface area (Å²) in [7, 11) is 0. The molecule has 0 aromatic carbocycles. The molecule has 0 spiro atoms. The van der Waals surface area contributed by atoms with Crippen LogP contribution in [0.25, 0.3) is 10.2 Å². The van der Waals surface area contributed by atoms with E-state index < -0.39 is 24.3 Å². The van der Waals surface area contributed by atoms with Crippen molar-refractivity contribution in [1.29, 1.82) is 0 Å². The number of pyridine rings is 1. The monoisotopic (exact) mass is 579 g/mol. The Hall–Kier alpha value is -2.81. The number of fused-ring (bicyclic) bond motifs is 1. The van der Waals surface area contributed by atoms with Crippen molar-refractivity contribution < 1.29 is 50.9 Å². The molecule has 1 fully saturated rings. The molecule has 0 bridgehead atoms. The number of carboxylic acid groups (broad SMARTS) is 2. The molecule has 1 aliphatic carbocycles. The first-order valence-electron chi connectivity index (χ1n) is 10.6. The number of alkyl halides is 6. The van der Waals surface area contributed by atoms with Gasteiger partial charge in [-0.15, -0.1) is 11.3 Å². The van der Waals surface area contributed by atoms with Crippen LogP contribution in [0.2, 0.25) is 5.02 Å². The lowest BCUT2D eigenvalue weighted by atomic mass is 9.89. The van der Waals surface area contributed by atoms with Crippen molar-refractivity contribution in [1.82, 2.24) is 10.3 Å². The van der Waals surface area contributed by atoms with Crippen molar-refractivity contribution in [3.05, 3.63) is 21.2 Å². The van der Waals surface area contributed by atoms with E-state index in [-0.39, 0.29) is 5.91 Å². The standard InChI is InChI=1S/C17H22ClN3OS.2C2HF3O2/c1-9-12-14(19)15(23-17(12)21-10(2)13(9)18)16(22)20-8-11-6-4-3-5-7-11;2*3-2(4,5)1(6)7/h11H,3-8,19H2,1-2H3,(H,20,22);2*(H,6,7). The summed E-state index contributed by atoms with van der Waals surface area (Å²) in [6, 6.07) is 0. The number of halogens is 7. The van der Waals surface area contributed by atoms with Crippen LogP contribution in [0.4, 0.5) is 32.0 Å². The van der Waals surface area contributed by atoms with E-state index in [1.807, 2.05) is 13.8 Å². The molecule has 2 aromatic rings. The van der Waals surface area contributed by atoms with Crippen molar-refractivity contribution in [3.63, 3.8) is 0 Å². The highest BCUT2D eigenvalue weighted by Crippen LogP contribution is 2.38. The van der Waals surface area contributed by atoms with E-state index in [0.717, 1.165) is 28.0 Å². The molecule has 0 saturated heterocycles. The van der Waals surface area contributed by atoms with Crippen LogP contribution < -0.4 is 11.1 Å². The summed E-state index contributed by atoms with van der Waals surface area (Å²) in [5, 5.41) is 18.7. The number of nitrogens with one attached hydrogen (secondary N) is 1. The molecule has 1 saturated carbocycles. The number of hydrogen-bond acceptors (Lipinski definition) is 6. The molecule has 208 valence electrons. The van der Waals surface area contributed by atoms with E-state index >= 15 is 0 Å². The Morgan fingerprint density at radius 1 is 1.03 bits per heavy atom. The van der Waals surface area contributed by atoms with E-state index in [1.54, 1.807) is 0 Å². The van der Waals surface area contributed by atoms with Gasteiger partial charge < -0.3 is 21.3 Å². The quantitative estimate of drug-likeness (QED) is 0.340. The summed E-state index contributed by atoms with van der Waals surface area (Å²) in [6.45, 7) is 4.53. The molecule has 1 amide bonds. The number of carboxylic acids is 2. The highest BCUT2D eigenvalue weighted by molar-refractivity contribution is 7.21. The van der Waals surface area contributed by atoms with E-state index in [1.165, 1.54) is 43.4 Å². The fourth-order valence-corrected chi connectivity index (χ4v) is 4.59. The fraction of sp³-hybridized carbons (Fsp3) is 0.524. The molecule has 2 aromatic heterocycles. The van der Waals surface area contributed by atoms with Crippen LogP contribution in [0.1, 0.15) is 53.0 Å². The predicted molar refractivity (Wildman–Crippen MR) is 125 cm³/mol. The number of thiophene rings is 1. The normalized spacial score (nSPS) is 14.2. The smallest absolute Gasteiger partial charge is 0.475 e. The van der Waals surface area contributed by atoms with Gasteiger partial charge in [0.25, 0.3) is 5.91 Å². The molecule has 0 radical (unpaired) electrons. The zero-order chi connectivity index (χ0) is 28.7. The first kappa shape index (κ1) is 32.2. The molecule has 37 heavy (non-hydrogen) atoms. The second-order valence-electron chi connectivity index (χ2n) is 7.98. The lowest BCUT2D eigenvalue weighted by molar-refractivity contribution is -0.193. The average molecular weight is 580 g/mol. The summed E-state index contributed by atoms with van der Waals surface area (Å²) in [6.07, 6.45) is -3.90. The Balaban J connectivity index is 0.000000404. The third kappa shape index (κ3) is 9.54. The molecule has 1 aliphatic rings. The first-order valence-corrected chi connectivity index (χ1v) is 11.8. The van der Waals surface area contributed by atoms with E-state index in [2.05, 4.69) is 10.3 Å². The minimum Gasteiger partial charge on any atom is -0.475 e. The number of aromatic nitrogens is 1. The lowest BCUT2D eigenvalue weighted by Crippen LogP contribution is -2.30. The average Bonchev–Trinajstić information content (AvgIpc) is 3.12. The SMILES string of the molecule is Cc1nc2sc(C(=O)NCC3CCCCC3)c(N)c2c(C)c1Cl.O=C(O)C(F)(F)F.O=C(O)C(F)(F)F. The van der Waals surface area contributed by atoms with Crippen LogP contribution in [0.5, 0.6) is 0 Å². The highest BCUT2D eigenvalue weighted by Gasteiger charge is 2.38. The van der Waals surface area contributed by atoms with E-state index in [9.17, 15) is 31.1 Å². The van der Waals surface area contributed by atoms with Crippen molar-refractivity contribution in [2.45, 2.75) is 58.3 Å². The van der Waals surface area contributed by atoms with Gasteiger partial charge in [-0.05, 0) is 38.2 Å². The number of aryl methyl sites for hydroxylation is 2. The topological polar surface area (TPSA) is 143 Å². The second kappa shape index (κ2) is 13.1. The van der Waals surface area contributed by atoms with Crippen molar-refractivity contribution in [2.24, 2.45) is 5.92 Å². The third-order valence-corrected chi connectivity index (χ3v) is 6.84. The summed E-state index contributed by atoms with van der Waals surface area (Å²) >= 11 is 7.62. The number of rotatable bonds is 3. The molecule has 8 nitrogen and oxygen atoms in total. The minimum atomic E-state index is -5.08. The van der Waals surface area contributed by atoms with Gasteiger partial charge in [0.2, 0.25) is 0 Å². The molecule has 0 unspecified atom stereocenters. The molecule has 16 heteroatoms. The van der Waals surface area contributed by atoms with Crippen LogP contribution in [0, 0.1) is 19.8 Å². The lowest BCUT2D eigenvalue weighted by Gasteiger charge is -2.21. The van der Waals surface area contributed by atoms with Crippen molar-refractivity contribution >= 4 is 56.7 Å². The molecule has 0 aliphatic heterocycles. The third-order valence-electron chi connectivity index (χ3n) is 5.18. The Morgan fingerprint density at radius 2 is 1.49 bits per heavy atom. The van der Waals surface area contributed by atoms with Crippen molar-refractivity contribution in [2.75, 3.05) is 12.3 Å². The molecule has 0 atom stereocenters. The fourth-order valence-electron chi connectivity index (χ4n) is 3.33. The zero-order valence-corrected chi connectivity index (χ0v) is 21.1. The summed E-state index contributed by atoms with van der Waals surface area (Å²) < 4.78 is 63.5. The van der Waals surface area contributed by atoms with Crippen LogP contribution in [0.15, 0.2) is 0 Å². The van der Waals surface area contributed by atoms with Crippen LogP contribution >= 0.6 is 22.9 Å². The van der Waals surface area contributed by atoms with E-state index in [0.29, 0.717) is 21.5 Å². The molecule has 5 N–H and O–H groups in total. The van der Waals surface area contributed by atoms with Crippen LogP contribution in [-0.4, -0.2) is 51.9 Å². The number of aliphatic carboxylic acids is 2. The number of anilines is 1. The van der Waals surface area contributed by atoms with Gasteiger partial charge in [-0.25, -0.2) is 14.6 Å². The number of nitrogens with zero attached hydrogens (tertiary/aromatic N) is 1. The Morgan fingerprint density at radius 3 is 1.92 bits per heavy atom. The van der Waals surface area contributed by atoms with Gasteiger partial charge in [0.15, 0.2) is 0 Å². The Kier molecular flexibility index (Phi) is 11.4. The van der Waals surface area contributed by atoms with E-state index in [4.69, 9.17) is 37.1 Å². The predicted octanol–water partition coefficient (Wildman–Crippen LogP) is 5.73. The van der Waals surface area contributed by atoms with Gasteiger partial charge in [0.1, 0.15) is 9.71 Å². The highest BCUT2D eigenvalue weighted by atomic mass is 35.5. The van der Waals surface area contributed by atoms with Crippen molar-refractivity contribution in [3.8, 4) is 0 Å². The Labute approximate surface area is 215 Å². The van der Waals surface area contributed by atoms with Gasteiger partial charge >= 0.3 is 24.3 Å². The van der Waals surface area contributed by atoms with Gasteiger partial charge in [0, 0.05) is 11.9 Å². The molecule has 3 rings (SSSR count). The summed E-state index contributed by atoms with van der Waals surface area (Å²) in [4.78, 5) is 36.1. The number of nitrogen functional groups attached to an aromatic ring is 1. The number of carbonyl (C=O) groups is 3. The largest absolute Gasteiger partial charge is 0.490 e. The maximum absolute atomic E-state index is 12.5. The number of amides is 1. The number of hydrogen-bond donors (Lipinski definition) is 4. The Bertz CT molecular complexity index is 1110. The van der Waals surface area contributed by atoms with Gasteiger partial charge in [0.05, 0.1) is 16.4 Å². The van der Waals surface area contributed by atoms with Gasteiger partial charge in [-0.2, -0.15) is 26.3 Å². The summed E-state index contributed by atoms with van der Waals surface area (Å²) in [5.41, 5.74) is 8.39. The van der Waals surface area contributed by atoms with Crippen LogP contribution in [-0.2, 0) is 9.59 Å². The number of nitrogens with two attached hydrogens (primary N) is 1. The van der Waals surface area contributed by atoms with Gasteiger partial charge in [-0.1, -0.05) is 30.9 Å². The zero-order valence-electron chi connectivity index (χ0n) is 19.5. The summed E-state index contributed by atoms with van der Waals surface area (Å²) in [5.74, 6) is -5.01. The maximum Gasteiger partial charge on any atom is 0.490 e. The molecular formula is C21H24ClF6N3O5S. The second-order valence-corrected chi connectivity index (χ2v) is 9.36. The molecule has 2 heterocycles. The number of carbonyl (C=O) groups excluding carboxylic acids is 1. The maximum atomic E-state index is 12.5. The first-order chi connectivity index (χ1) is 16.9. The van der Waals surface area contributed by atoms with Gasteiger partial charge in [-0.3, -0.25) is 4.79 Å². The molecular weight excluding hydrogens is 556 g/mol.